The smallest absolute Gasteiger partial charge is 0.146 e. The van der Waals surface area contributed by atoms with Gasteiger partial charge in [-0.3, -0.25) is 0 Å². The van der Waals surface area contributed by atoms with Crippen LogP contribution in [0.25, 0.3) is 10.9 Å². The van der Waals surface area contributed by atoms with E-state index in [-0.39, 0.29) is 0 Å². The Kier molecular flexibility index (Phi) is 4.20. The molecule has 23 heavy (non-hydrogen) atoms. The van der Waals surface area contributed by atoms with Gasteiger partial charge in [-0.25, -0.2) is 4.98 Å². The maximum absolute atomic E-state index is 6.13. The number of para-hydroxylation sites is 1. The predicted molar refractivity (Wildman–Crippen MR) is 96.3 cm³/mol. The van der Waals surface area contributed by atoms with Crippen molar-refractivity contribution in [2.45, 2.75) is 27.4 Å². The quantitative estimate of drug-likeness (QED) is 0.753. The van der Waals surface area contributed by atoms with Crippen LogP contribution >= 0.6 is 0 Å². The van der Waals surface area contributed by atoms with Gasteiger partial charge in [-0.2, -0.15) is 0 Å². The zero-order valence-corrected chi connectivity index (χ0v) is 14.1. The van der Waals surface area contributed by atoms with Crippen LogP contribution < -0.4 is 10.1 Å². The number of hydrogen-bond donors (Lipinski definition) is 1. The fourth-order valence-electron chi connectivity index (χ4n) is 2.87. The fourth-order valence-corrected chi connectivity index (χ4v) is 2.87. The Labute approximate surface area is 137 Å². The number of aromatic nitrogens is 1. The van der Waals surface area contributed by atoms with Gasteiger partial charge in [0.1, 0.15) is 17.9 Å². The van der Waals surface area contributed by atoms with Crippen LogP contribution in [0.3, 0.4) is 0 Å². The fraction of sp³-hybridized carbons (Fsp3) is 0.250. The van der Waals surface area contributed by atoms with Gasteiger partial charge in [-0.1, -0.05) is 24.3 Å². The molecule has 0 amide bonds. The first-order chi connectivity index (χ1) is 11.1. The second-order valence-corrected chi connectivity index (χ2v) is 5.85. The van der Waals surface area contributed by atoms with E-state index in [2.05, 4.69) is 48.4 Å². The molecule has 0 radical (unpaired) electrons. The molecular weight excluding hydrogens is 284 g/mol. The molecule has 118 valence electrons. The Morgan fingerprint density at radius 2 is 1.83 bits per heavy atom. The summed E-state index contributed by atoms with van der Waals surface area (Å²) in [5.41, 5.74) is 6.76. The summed E-state index contributed by atoms with van der Waals surface area (Å²) in [7, 11) is 1.94. The zero-order chi connectivity index (χ0) is 16.4. The number of anilines is 1. The highest BCUT2D eigenvalue weighted by molar-refractivity contribution is 5.84. The molecule has 3 heteroatoms. The summed E-state index contributed by atoms with van der Waals surface area (Å²) in [6.45, 7) is 6.79. The first-order valence-electron chi connectivity index (χ1n) is 7.86. The van der Waals surface area contributed by atoms with Gasteiger partial charge in [-0.05, 0) is 55.7 Å². The largest absolute Gasteiger partial charge is 0.487 e. The minimum absolute atomic E-state index is 0.544. The average molecular weight is 306 g/mol. The molecule has 0 saturated heterocycles. The van der Waals surface area contributed by atoms with Crippen molar-refractivity contribution < 1.29 is 4.74 Å². The Morgan fingerprint density at radius 1 is 1.00 bits per heavy atom. The number of nitrogens with one attached hydrogen (secondary N) is 1. The van der Waals surface area contributed by atoms with Gasteiger partial charge >= 0.3 is 0 Å². The van der Waals surface area contributed by atoms with Gasteiger partial charge in [-0.15, -0.1) is 0 Å². The molecule has 2 aromatic carbocycles. The lowest BCUT2D eigenvalue weighted by Crippen LogP contribution is -2.04. The average Bonchev–Trinajstić information content (AvgIpc) is 2.55. The highest BCUT2D eigenvalue weighted by Crippen LogP contribution is 2.27. The normalized spacial score (nSPS) is 10.8. The highest BCUT2D eigenvalue weighted by Gasteiger charge is 2.09. The van der Waals surface area contributed by atoms with Gasteiger partial charge in [0.15, 0.2) is 0 Å². The molecule has 0 bridgehead atoms. The predicted octanol–water partition coefficient (Wildman–Crippen LogP) is 4.78. The molecular formula is C20H22N2O. The highest BCUT2D eigenvalue weighted by atomic mass is 16.5. The second-order valence-electron chi connectivity index (χ2n) is 5.85. The third kappa shape index (κ3) is 3.00. The molecule has 1 heterocycles. The number of aryl methyl sites for hydroxylation is 2. The van der Waals surface area contributed by atoms with E-state index in [4.69, 9.17) is 4.74 Å². The Hall–Kier alpha value is -2.55. The van der Waals surface area contributed by atoms with E-state index in [1.807, 2.05) is 32.2 Å². The molecule has 0 fully saturated rings. The Bertz CT molecular complexity index is 856. The standard InChI is InChI=1S/C20H22N2O/c1-13-8-11-18(21-4)15(3)17(13)12-23-19-7-5-6-16-10-9-14(2)22-20(16)19/h5-11,21H,12H2,1-4H3. The molecule has 0 atom stereocenters. The van der Waals surface area contributed by atoms with Crippen LogP contribution in [0.4, 0.5) is 5.69 Å². The van der Waals surface area contributed by atoms with E-state index >= 15 is 0 Å². The molecule has 1 aromatic heterocycles. The van der Waals surface area contributed by atoms with Gasteiger partial charge in [0.05, 0.1) is 0 Å². The third-order valence-corrected chi connectivity index (χ3v) is 4.30. The molecule has 0 aliphatic heterocycles. The van der Waals surface area contributed by atoms with E-state index in [1.165, 1.54) is 16.7 Å². The SMILES string of the molecule is CNc1ccc(C)c(COc2cccc3ccc(C)nc23)c1C. The minimum atomic E-state index is 0.544. The number of rotatable bonds is 4. The third-order valence-electron chi connectivity index (χ3n) is 4.30. The first kappa shape index (κ1) is 15.3. The summed E-state index contributed by atoms with van der Waals surface area (Å²) in [6.07, 6.45) is 0. The topological polar surface area (TPSA) is 34.1 Å². The molecule has 3 nitrogen and oxygen atoms in total. The zero-order valence-electron chi connectivity index (χ0n) is 14.1. The van der Waals surface area contributed by atoms with Crippen molar-refractivity contribution in [3.63, 3.8) is 0 Å². The monoisotopic (exact) mass is 306 g/mol. The van der Waals surface area contributed by atoms with Crippen molar-refractivity contribution in [1.82, 2.24) is 4.98 Å². The molecule has 1 N–H and O–H groups in total. The summed E-state index contributed by atoms with van der Waals surface area (Å²) >= 11 is 0. The number of pyridine rings is 1. The number of fused-ring (bicyclic) bond motifs is 1. The van der Waals surface area contributed by atoms with E-state index in [9.17, 15) is 0 Å². The minimum Gasteiger partial charge on any atom is -0.487 e. The molecule has 3 aromatic rings. The summed E-state index contributed by atoms with van der Waals surface area (Å²) in [4.78, 5) is 4.63. The maximum Gasteiger partial charge on any atom is 0.146 e. The molecule has 0 unspecified atom stereocenters. The van der Waals surface area contributed by atoms with E-state index < -0.39 is 0 Å². The van der Waals surface area contributed by atoms with Crippen LogP contribution in [0.5, 0.6) is 5.75 Å². The maximum atomic E-state index is 6.13. The molecule has 0 aliphatic carbocycles. The summed E-state index contributed by atoms with van der Waals surface area (Å²) in [5.74, 6) is 0.833. The van der Waals surface area contributed by atoms with Gasteiger partial charge in [0.2, 0.25) is 0 Å². The van der Waals surface area contributed by atoms with E-state index in [0.717, 1.165) is 28.0 Å². The van der Waals surface area contributed by atoms with Gasteiger partial charge in [0.25, 0.3) is 0 Å². The summed E-state index contributed by atoms with van der Waals surface area (Å²) in [6, 6.07) is 14.4. The number of benzene rings is 2. The lowest BCUT2D eigenvalue weighted by molar-refractivity contribution is 0.308. The van der Waals surface area contributed by atoms with Crippen molar-refractivity contribution in [2.24, 2.45) is 0 Å². The lowest BCUT2D eigenvalue weighted by Gasteiger charge is -2.15. The second kappa shape index (κ2) is 6.29. The number of ether oxygens (including phenoxy) is 1. The van der Waals surface area contributed by atoms with Crippen LogP contribution in [0.2, 0.25) is 0 Å². The van der Waals surface area contributed by atoms with E-state index in [0.29, 0.717) is 6.61 Å². The van der Waals surface area contributed by atoms with Crippen LogP contribution in [0.15, 0.2) is 42.5 Å². The summed E-state index contributed by atoms with van der Waals surface area (Å²) in [5, 5.41) is 4.33. The van der Waals surface area contributed by atoms with Crippen LogP contribution in [0.1, 0.15) is 22.4 Å². The van der Waals surface area contributed by atoms with Crippen LogP contribution in [0, 0.1) is 20.8 Å². The Morgan fingerprint density at radius 3 is 2.61 bits per heavy atom. The Balaban J connectivity index is 1.94. The van der Waals surface area contributed by atoms with Crippen LogP contribution in [-0.4, -0.2) is 12.0 Å². The van der Waals surface area contributed by atoms with Gasteiger partial charge < -0.3 is 10.1 Å². The van der Waals surface area contributed by atoms with Gasteiger partial charge in [0, 0.05) is 23.8 Å². The van der Waals surface area contributed by atoms with Crippen LogP contribution in [-0.2, 0) is 6.61 Å². The van der Waals surface area contributed by atoms with Crippen molar-refractivity contribution in [2.75, 3.05) is 12.4 Å². The van der Waals surface area contributed by atoms with Crippen molar-refractivity contribution in [3.05, 3.63) is 64.8 Å². The molecule has 0 spiro atoms. The van der Waals surface area contributed by atoms with Crippen molar-refractivity contribution >= 4 is 16.6 Å². The van der Waals surface area contributed by atoms with Crippen molar-refractivity contribution in [1.29, 1.82) is 0 Å². The molecule has 3 rings (SSSR count). The lowest BCUT2D eigenvalue weighted by atomic mass is 10.0. The van der Waals surface area contributed by atoms with Crippen molar-refractivity contribution in [3.8, 4) is 5.75 Å². The summed E-state index contributed by atoms with van der Waals surface area (Å²) < 4.78 is 6.13. The molecule has 0 saturated carbocycles. The number of nitrogens with zero attached hydrogens (tertiary/aromatic N) is 1. The number of hydrogen-bond acceptors (Lipinski definition) is 3. The first-order valence-corrected chi connectivity index (χ1v) is 7.86. The van der Waals surface area contributed by atoms with E-state index in [1.54, 1.807) is 0 Å². The molecule has 0 aliphatic rings.